The molecular formula is C25H35IO5Si. The summed E-state index contributed by atoms with van der Waals surface area (Å²) in [5, 5.41) is 0. The van der Waals surface area contributed by atoms with Crippen LogP contribution in [0.3, 0.4) is 0 Å². The molecule has 0 aliphatic heterocycles. The maximum atomic E-state index is 13.1. The fourth-order valence-corrected chi connectivity index (χ4v) is 10.6. The molecule has 0 heterocycles. The summed E-state index contributed by atoms with van der Waals surface area (Å²) in [6.07, 6.45) is 0. The molecule has 2 aromatic carbocycles. The molecule has 0 amide bonds. The highest BCUT2D eigenvalue weighted by Crippen LogP contribution is 2.43. The summed E-state index contributed by atoms with van der Waals surface area (Å²) in [7, 11) is 0.969. The highest BCUT2D eigenvalue weighted by atomic mass is 127. The molecule has 32 heavy (non-hydrogen) atoms. The van der Waals surface area contributed by atoms with E-state index in [1.54, 1.807) is 19.2 Å². The van der Waals surface area contributed by atoms with Gasteiger partial charge in [0.05, 0.1) is 14.2 Å². The maximum Gasteiger partial charge on any atom is 0.348 e. The van der Waals surface area contributed by atoms with E-state index in [1.807, 2.05) is 25.1 Å². The Labute approximate surface area is 207 Å². The van der Waals surface area contributed by atoms with Crippen molar-refractivity contribution in [2.45, 2.75) is 65.1 Å². The third-order valence-electron chi connectivity index (χ3n) is 5.92. The first-order chi connectivity index (χ1) is 15.0. The fraction of sp³-hybridized carbons (Fsp3) is 0.480. The number of ether oxygens (including phenoxy) is 3. The number of halogens is 1. The highest BCUT2D eigenvalue weighted by molar-refractivity contribution is 14.1. The molecule has 0 aliphatic rings. The molecule has 2 rings (SSSR count). The number of rotatable bonds is 9. The van der Waals surface area contributed by atoms with Crippen LogP contribution < -0.4 is 18.6 Å². The first-order valence-corrected chi connectivity index (χ1v) is 14.1. The lowest BCUT2D eigenvalue weighted by Gasteiger charge is -2.42. The molecule has 176 valence electrons. The Morgan fingerprint density at radius 2 is 1.38 bits per heavy atom. The standard InChI is InChI=1S/C25H35IO5Si/c1-15(2)32(16(3)4,17(5)6)31-21-11-18(7)10-20(12-21)30-25(27)24-22(26)13-19(28-8)14-23(24)29-9/h10-17H,1-9H3. The first-order valence-electron chi connectivity index (χ1n) is 10.9. The van der Waals surface area contributed by atoms with E-state index in [9.17, 15) is 4.79 Å². The lowest BCUT2D eigenvalue weighted by Crippen LogP contribution is -2.50. The fourth-order valence-electron chi connectivity index (χ4n) is 4.58. The van der Waals surface area contributed by atoms with E-state index in [1.165, 1.54) is 7.11 Å². The minimum Gasteiger partial charge on any atom is -0.543 e. The van der Waals surface area contributed by atoms with Gasteiger partial charge in [0, 0.05) is 15.7 Å². The second-order valence-corrected chi connectivity index (χ2v) is 15.5. The number of hydrogen-bond acceptors (Lipinski definition) is 5. The Kier molecular flexibility index (Phi) is 9.04. The van der Waals surface area contributed by atoms with E-state index in [0.29, 0.717) is 43.0 Å². The van der Waals surface area contributed by atoms with Gasteiger partial charge in [0.25, 0.3) is 8.32 Å². The summed E-state index contributed by atoms with van der Waals surface area (Å²) in [6.45, 7) is 15.5. The zero-order valence-electron chi connectivity index (χ0n) is 20.5. The molecule has 5 nitrogen and oxygen atoms in total. The minimum atomic E-state index is -2.13. The van der Waals surface area contributed by atoms with Crippen molar-refractivity contribution in [1.29, 1.82) is 0 Å². The minimum absolute atomic E-state index is 0.369. The van der Waals surface area contributed by atoms with Gasteiger partial charge in [-0.25, -0.2) is 4.79 Å². The number of carbonyl (C=O) groups excluding carboxylic acids is 1. The number of carbonyl (C=O) groups is 1. The van der Waals surface area contributed by atoms with E-state index in [0.717, 1.165) is 11.3 Å². The van der Waals surface area contributed by atoms with Gasteiger partial charge in [0.15, 0.2) is 0 Å². The van der Waals surface area contributed by atoms with Crippen LogP contribution in [0.25, 0.3) is 0 Å². The van der Waals surface area contributed by atoms with Gasteiger partial charge in [-0.05, 0) is 69.9 Å². The summed E-state index contributed by atoms with van der Waals surface area (Å²) >= 11 is 2.09. The van der Waals surface area contributed by atoms with Crippen molar-refractivity contribution in [3.05, 3.63) is 45.0 Å². The SMILES string of the molecule is COc1cc(I)c(C(=O)Oc2cc(C)cc(O[Si](C(C)C)(C(C)C)C(C)C)c2)c(OC)c1. The van der Waals surface area contributed by atoms with Crippen molar-refractivity contribution >= 4 is 36.9 Å². The van der Waals surface area contributed by atoms with Gasteiger partial charge in [0.2, 0.25) is 0 Å². The average molecular weight is 571 g/mol. The number of methoxy groups -OCH3 is 2. The Balaban J connectivity index is 2.41. The predicted octanol–water partition coefficient (Wildman–Crippen LogP) is 7.39. The second-order valence-electron chi connectivity index (χ2n) is 8.98. The van der Waals surface area contributed by atoms with Gasteiger partial charge in [-0.2, -0.15) is 0 Å². The molecule has 0 fully saturated rings. The van der Waals surface area contributed by atoms with Gasteiger partial charge in [-0.1, -0.05) is 41.5 Å². The largest absolute Gasteiger partial charge is 0.543 e. The Hall–Kier alpha value is -1.74. The molecule has 0 aromatic heterocycles. The zero-order chi connectivity index (χ0) is 24.2. The lowest BCUT2D eigenvalue weighted by atomic mass is 10.2. The molecule has 0 N–H and O–H groups in total. The van der Waals surface area contributed by atoms with Crippen molar-refractivity contribution in [2.24, 2.45) is 0 Å². The van der Waals surface area contributed by atoms with E-state index in [-0.39, 0.29) is 0 Å². The van der Waals surface area contributed by atoms with Crippen LogP contribution in [0, 0.1) is 10.5 Å². The van der Waals surface area contributed by atoms with Gasteiger partial charge < -0.3 is 18.6 Å². The average Bonchev–Trinajstić information content (AvgIpc) is 2.69. The van der Waals surface area contributed by atoms with Crippen LogP contribution in [0.5, 0.6) is 23.0 Å². The number of aryl methyl sites for hydroxylation is 1. The monoisotopic (exact) mass is 570 g/mol. The van der Waals surface area contributed by atoms with Crippen LogP contribution >= 0.6 is 22.6 Å². The van der Waals surface area contributed by atoms with E-state index in [2.05, 4.69) is 64.1 Å². The molecule has 0 saturated carbocycles. The van der Waals surface area contributed by atoms with Gasteiger partial charge in [0.1, 0.15) is 28.6 Å². The van der Waals surface area contributed by atoms with Gasteiger partial charge in [-0.15, -0.1) is 0 Å². The molecule has 0 atom stereocenters. The normalized spacial score (nSPS) is 11.8. The van der Waals surface area contributed by atoms with Gasteiger partial charge >= 0.3 is 5.97 Å². The topological polar surface area (TPSA) is 54.0 Å². The third-order valence-corrected chi connectivity index (χ3v) is 12.8. The van der Waals surface area contributed by atoms with E-state index in [4.69, 9.17) is 18.6 Å². The van der Waals surface area contributed by atoms with Crippen molar-refractivity contribution in [2.75, 3.05) is 14.2 Å². The van der Waals surface area contributed by atoms with Gasteiger partial charge in [-0.3, -0.25) is 0 Å². The Morgan fingerprint density at radius 3 is 1.88 bits per heavy atom. The van der Waals surface area contributed by atoms with Crippen LogP contribution in [0.1, 0.15) is 57.5 Å². The quantitative estimate of drug-likeness (QED) is 0.136. The molecule has 2 aromatic rings. The first kappa shape index (κ1) is 26.5. The lowest BCUT2D eigenvalue weighted by molar-refractivity contribution is 0.0730. The number of benzene rings is 2. The Morgan fingerprint density at radius 1 is 0.812 bits per heavy atom. The van der Waals surface area contributed by atoms with Crippen LogP contribution in [-0.4, -0.2) is 28.5 Å². The summed E-state index contributed by atoms with van der Waals surface area (Å²) in [6, 6.07) is 9.14. The molecule has 0 unspecified atom stereocenters. The molecule has 0 radical (unpaired) electrons. The van der Waals surface area contributed by atoms with E-state index >= 15 is 0 Å². The van der Waals surface area contributed by atoms with Crippen molar-refractivity contribution in [3.8, 4) is 23.0 Å². The Bertz CT molecular complexity index is 934. The van der Waals surface area contributed by atoms with Crippen LogP contribution in [0.4, 0.5) is 0 Å². The van der Waals surface area contributed by atoms with Crippen LogP contribution in [-0.2, 0) is 0 Å². The number of hydrogen-bond donors (Lipinski definition) is 0. The highest BCUT2D eigenvalue weighted by Gasteiger charge is 2.47. The van der Waals surface area contributed by atoms with E-state index < -0.39 is 14.3 Å². The van der Waals surface area contributed by atoms with Crippen molar-refractivity contribution in [3.63, 3.8) is 0 Å². The summed E-state index contributed by atoms with van der Waals surface area (Å²) in [5.41, 5.74) is 2.67. The predicted molar refractivity (Wildman–Crippen MR) is 140 cm³/mol. The summed E-state index contributed by atoms with van der Waals surface area (Å²) < 4.78 is 24.0. The third kappa shape index (κ3) is 5.59. The molecule has 0 aliphatic carbocycles. The maximum absolute atomic E-state index is 13.1. The molecule has 0 saturated heterocycles. The van der Waals surface area contributed by atoms with Crippen molar-refractivity contribution in [1.82, 2.24) is 0 Å². The smallest absolute Gasteiger partial charge is 0.348 e. The summed E-state index contributed by atoms with van der Waals surface area (Å²) in [4.78, 5) is 13.1. The number of esters is 1. The van der Waals surface area contributed by atoms with Crippen LogP contribution in [0.2, 0.25) is 16.6 Å². The van der Waals surface area contributed by atoms with Crippen molar-refractivity contribution < 1.29 is 23.4 Å². The van der Waals surface area contributed by atoms with Crippen LogP contribution in [0.15, 0.2) is 30.3 Å². The second kappa shape index (κ2) is 10.9. The molecule has 7 heteroatoms. The molecular weight excluding hydrogens is 535 g/mol. The summed E-state index contributed by atoms with van der Waals surface area (Å²) in [5.74, 6) is 1.76. The molecule has 0 spiro atoms. The molecule has 0 bridgehead atoms. The zero-order valence-corrected chi connectivity index (χ0v) is 23.7.